The van der Waals surface area contributed by atoms with E-state index in [0.717, 1.165) is 24.1 Å². The van der Waals surface area contributed by atoms with Gasteiger partial charge < -0.3 is 20.1 Å². The van der Waals surface area contributed by atoms with Gasteiger partial charge in [-0.3, -0.25) is 14.2 Å². The minimum absolute atomic E-state index is 0.0758. The van der Waals surface area contributed by atoms with Crippen molar-refractivity contribution in [3.05, 3.63) is 75.3 Å². The summed E-state index contributed by atoms with van der Waals surface area (Å²) in [4.78, 5) is 26.5. The van der Waals surface area contributed by atoms with Crippen molar-refractivity contribution in [3.63, 3.8) is 0 Å². The number of anilines is 3. The zero-order valence-corrected chi connectivity index (χ0v) is 22.8. The number of amides is 1. The fourth-order valence-electron chi connectivity index (χ4n) is 3.55. The quantitative estimate of drug-likeness (QED) is 0.262. The molecule has 8 nitrogen and oxygen atoms in total. The predicted molar refractivity (Wildman–Crippen MR) is 149 cm³/mol. The van der Waals surface area contributed by atoms with E-state index < -0.39 is 5.82 Å². The minimum atomic E-state index is -0.489. The number of nitrogens with one attached hydrogen (secondary N) is 4. The second kappa shape index (κ2) is 12.6. The van der Waals surface area contributed by atoms with E-state index in [-0.39, 0.29) is 45.9 Å². The van der Waals surface area contributed by atoms with Crippen LogP contribution in [0.4, 0.5) is 21.6 Å². The van der Waals surface area contributed by atoms with E-state index in [1.165, 1.54) is 22.8 Å². The zero-order chi connectivity index (χ0) is 27.1. The second-order valence-corrected chi connectivity index (χ2v) is 9.25. The highest BCUT2D eigenvalue weighted by Crippen LogP contribution is 2.35. The second-order valence-electron chi connectivity index (χ2n) is 8.43. The summed E-state index contributed by atoms with van der Waals surface area (Å²) in [5.74, 6) is -0.141. The molecule has 1 saturated carbocycles. The molecular weight excluding hydrogens is 493 g/mol. The van der Waals surface area contributed by atoms with Gasteiger partial charge in [0.15, 0.2) is 5.75 Å². The summed E-state index contributed by atoms with van der Waals surface area (Å²) in [6.45, 7) is 7.40. The number of aromatic nitrogens is 1. The fraction of sp³-hybridized carbons (Fsp3) is 0.333. The summed E-state index contributed by atoms with van der Waals surface area (Å²) < 4.78 is 28.1. The number of rotatable bonds is 9. The summed E-state index contributed by atoms with van der Waals surface area (Å²) in [7, 11) is 3.34. The van der Waals surface area contributed by atoms with Gasteiger partial charge in [-0.2, -0.15) is 0 Å². The summed E-state index contributed by atoms with van der Waals surface area (Å²) >= 11 is 1.32. The van der Waals surface area contributed by atoms with Crippen LogP contribution >= 0.6 is 12.1 Å². The Labute approximate surface area is 221 Å². The molecule has 1 fully saturated rings. The van der Waals surface area contributed by atoms with Gasteiger partial charge in [0, 0.05) is 30.9 Å². The van der Waals surface area contributed by atoms with Gasteiger partial charge in [0.25, 0.3) is 11.5 Å². The van der Waals surface area contributed by atoms with Crippen LogP contribution in [0.2, 0.25) is 0 Å². The van der Waals surface area contributed by atoms with Gasteiger partial charge in [0.05, 0.1) is 11.3 Å². The molecule has 0 atom stereocenters. The van der Waals surface area contributed by atoms with E-state index in [0.29, 0.717) is 5.75 Å². The lowest BCUT2D eigenvalue weighted by Crippen LogP contribution is -2.31. The maximum absolute atomic E-state index is 14.7. The van der Waals surface area contributed by atoms with Crippen molar-refractivity contribution < 1.29 is 13.9 Å². The molecule has 1 heterocycles. The van der Waals surface area contributed by atoms with E-state index in [1.807, 2.05) is 26.0 Å². The zero-order valence-electron chi connectivity index (χ0n) is 22.0. The highest BCUT2D eigenvalue weighted by molar-refractivity contribution is 7.98. The molecule has 4 N–H and O–H groups in total. The van der Waals surface area contributed by atoms with Gasteiger partial charge in [-0.1, -0.05) is 19.9 Å². The Kier molecular flexibility index (Phi) is 9.60. The molecule has 0 spiro atoms. The van der Waals surface area contributed by atoms with E-state index in [1.54, 1.807) is 52.2 Å². The molecule has 37 heavy (non-hydrogen) atoms. The molecule has 198 valence electrons. The van der Waals surface area contributed by atoms with E-state index in [2.05, 4.69) is 20.1 Å². The molecule has 1 aliphatic carbocycles. The average Bonchev–Trinajstić information content (AvgIpc) is 3.71. The number of ether oxygens (including phenoxy) is 1. The minimum Gasteiger partial charge on any atom is -0.456 e. The molecule has 3 aromatic rings. The van der Waals surface area contributed by atoms with E-state index in [9.17, 15) is 14.0 Å². The number of hydrogen-bond donors (Lipinski definition) is 4. The Morgan fingerprint density at radius 2 is 1.78 bits per heavy atom. The summed E-state index contributed by atoms with van der Waals surface area (Å²) in [6.07, 6.45) is 1.78. The number of halogens is 1. The monoisotopic (exact) mass is 527 g/mol. The van der Waals surface area contributed by atoms with Crippen LogP contribution in [0, 0.1) is 19.7 Å². The van der Waals surface area contributed by atoms with Crippen LogP contribution in [-0.4, -0.2) is 23.6 Å². The van der Waals surface area contributed by atoms with Crippen molar-refractivity contribution in [2.75, 3.05) is 17.1 Å². The molecule has 0 saturated heterocycles. The Morgan fingerprint density at radius 1 is 1.11 bits per heavy atom. The van der Waals surface area contributed by atoms with E-state index >= 15 is 0 Å². The fourth-order valence-corrected chi connectivity index (χ4v) is 3.91. The third kappa shape index (κ3) is 6.84. The van der Waals surface area contributed by atoms with Crippen molar-refractivity contribution in [2.24, 2.45) is 7.05 Å². The average molecular weight is 528 g/mol. The van der Waals surface area contributed by atoms with Gasteiger partial charge in [0.2, 0.25) is 0 Å². The standard InChI is InChI=1S/C25H28FN5O3S.C2H6/c1-14-5-12-20(19(26)13-14)29-23-21(24(32)28-16-6-7-16)22(15(2)25(33)31(23)4)34-18-10-8-17(9-11-18)30-35-27-3;1-2/h5,8-13,16,27,29-30H,6-7H2,1-4H3,(H,28,32);1-2H3. The predicted octanol–water partition coefficient (Wildman–Crippen LogP) is 5.79. The highest BCUT2D eigenvalue weighted by Gasteiger charge is 2.30. The number of pyridine rings is 1. The first-order chi connectivity index (χ1) is 17.8. The molecule has 1 aliphatic rings. The Hall–Kier alpha value is -3.50. The summed E-state index contributed by atoms with van der Waals surface area (Å²) in [6, 6.07) is 11.9. The van der Waals surface area contributed by atoms with Crippen LogP contribution in [0.15, 0.2) is 47.3 Å². The molecule has 0 bridgehead atoms. The maximum atomic E-state index is 14.7. The number of hydrogen-bond acceptors (Lipinski definition) is 7. The molecule has 10 heteroatoms. The Morgan fingerprint density at radius 3 is 2.38 bits per heavy atom. The van der Waals surface area contributed by atoms with Gasteiger partial charge in [-0.05, 0) is 75.7 Å². The molecule has 1 aromatic heterocycles. The molecular formula is C27H34FN5O3S. The van der Waals surface area contributed by atoms with Crippen molar-refractivity contribution in [1.82, 2.24) is 14.6 Å². The van der Waals surface area contributed by atoms with Crippen LogP contribution in [0.25, 0.3) is 0 Å². The first-order valence-electron chi connectivity index (χ1n) is 12.2. The largest absolute Gasteiger partial charge is 0.456 e. The number of carbonyl (C=O) groups excluding carboxylic acids is 1. The third-order valence-electron chi connectivity index (χ3n) is 5.63. The first-order valence-corrected chi connectivity index (χ1v) is 13.0. The molecule has 0 radical (unpaired) electrons. The van der Waals surface area contributed by atoms with E-state index in [4.69, 9.17) is 4.74 Å². The van der Waals surface area contributed by atoms with Gasteiger partial charge in [0.1, 0.15) is 22.9 Å². The lowest BCUT2D eigenvalue weighted by atomic mass is 10.1. The number of nitrogens with zero attached hydrogens (tertiary/aromatic N) is 1. The van der Waals surface area contributed by atoms with Crippen LogP contribution in [0.3, 0.4) is 0 Å². The number of benzene rings is 2. The van der Waals surface area contributed by atoms with Crippen LogP contribution in [0.1, 0.15) is 48.2 Å². The lowest BCUT2D eigenvalue weighted by molar-refractivity contribution is 0.0948. The van der Waals surface area contributed by atoms with Crippen LogP contribution < -0.4 is 30.4 Å². The molecule has 0 unspecified atom stereocenters. The van der Waals surface area contributed by atoms with Crippen molar-refractivity contribution >= 4 is 35.2 Å². The summed E-state index contributed by atoms with van der Waals surface area (Å²) in [5, 5.41) is 5.93. The van der Waals surface area contributed by atoms with Crippen molar-refractivity contribution in [1.29, 1.82) is 0 Å². The Bertz CT molecular complexity index is 1310. The van der Waals surface area contributed by atoms with Crippen molar-refractivity contribution in [2.45, 2.75) is 46.6 Å². The number of carbonyl (C=O) groups is 1. The molecule has 4 rings (SSSR count). The van der Waals surface area contributed by atoms with Crippen molar-refractivity contribution in [3.8, 4) is 11.5 Å². The Balaban J connectivity index is 0.00000186. The van der Waals surface area contributed by atoms with Crippen LogP contribution in [0.5, 0.6) is 11.5 Å². The van der Waals surface area contributed by atoms with Gasteiger partial charge in [-0.15, -0.1) is 0 Å². The number of aryl methyl sites for hydroxylation is 1. The topological polar surface area (TPSA) is 96.4 Å². The molecule has 1 amide bonds. The maximum Gasteiger partial charge on any atom is 0.259 e. The van der Waals surface area contributed by atoms with Crippen LogP contribution in [-0.2, 0) is 7.05 Å². The third-order valence-corrected chi connectivity index (χ3v) is 6.17. The highest BCUT2D eigenvalue weighted by atomic mass is 32.2. The molecule has 0 aliphatic heterocycles. The SMILES string of the molecule is CC.CNSNc1ccc(Oc2c(C(=O)NC3CC3)c(Nc3ccc(C)cc3F)n(C)c(=O)c2C)cc1. The lowest BCUT2D eigenvalue weighted by Gasteiger charge is -2.21. The molecule has 2 aromatic carbocycles. The van der Waals surface area contributed by atoms with Gasteiger partial charge >= 0.3 is 0 Å². The van der Waals surface area contributed by atoms with Gasteiger partial charge in [-0.25, -0.2) is 9.11 Å². The first kappa shape index (κ1) is 28.1. The summed E-state index contributed by atoms with van der Waals surface area (Å²) in [5.41, 5.74) is 1.81. The smallest absolute Gasteiger partial charge is 0.259 e. The normalized spacial score (nSPS) is 12.3.